The van der Waals surface area contributed by atoms with Gasteiger partial charge in [-0.1, -0.05) is 0 Å². The molecule has 13 atom stereocenters. The number of nitrogens with one attached hydrogen (secondary N) is 4. The molecule has 4 aliphatic heterocycles. The number of aliphatic hydroxyl groups is 3. The van der Waals surface area contributed by atoms with Crippen LogP contribution in [0.5, 0.6) is 0 Å². The zero-order valence-corrected chi connectivity index (χ0v) is 26.2. The maximum absolute atomic E-state index is 13.1. The third-order valence-electron chi connectivity index (χ3n) is 8.86. The summed E-state index contributed by atoms with van der Waals surface area (Å²) in [7, 11) is 0. The Bertz CT molecular complexity index is 1210. The van der Waals surface area contributed by atoms with Crippen LogP contribution in [0, 0.1) is 11.8 Å². The molecule has 4 rings (SSSR count). The number of ether oxygens (including phenoxy) is 5. The Hall–Kier alpha value is -3.77. The average molecular weight is 691 g/mol. The maximum Gasteiger partial charge on any atom is 0.317 e. The molecule has 4 aliphatic rings. The maximum atomic E-state index is 13.1. The summed E-state index contributed by atoms with van der Waals surface area (Å²) >= 11 is 0. The molecule has 0 aromatic rings. The van der Waals surface area contributed by atoms with Crippen molar-refractivity contribution in [2.75, 3.05) is 33.0 Å². The highest BCUT2D eigenvalue weighted by atomic mass is 16.6. The van der Waals surface area contributed by atoms with Gasteiger partial charge in [0.1, 0.15) is 24.3 Å². The molecule has 0 aliphatic carbocycles. The van der Waals surface area contributed by atoms with E-state index >= 15 is 0 Å². The van der Waals surface area contributed by atoms with Gasteiger partial charge in [0, 0.05) is 11.8 Å². The molecular formula is C26H46N10O12. The molecule has 0 aromatic carbocycles. The van der Waals surface area contributed by atoms with Crippen LogP contribution in [0.15, 0.2) is 4.99 Å². The monoisotopic (exact) mass is 690 g/mol. The van der Waals surface area contributed by atoms with Crippen LogP contribution in [0.25, 0.3) is 0 Å². The van der Waals surface area contributed by atoms with Gasteiger partial charge in [0.05, 0.1) is 69.9 Å². The first-order valence-electron chi connectivity index (χ1n) is 15.3. The zero-order chi connectivity index (χ0) is 35.3. The van der Waals surface area contributed by atoms with Gasteiger partial charge in [-0.2, -0.15) is 0 Å². The summed E-state index contributed by atoms with van der Waals surface area (Å²) in [4.78, 5) is 52.4. The average Bonchev–Trinajstić information content (AvgIpc) is 3.34. The van der Waals surface area contributed by atoms with E-state index in [1.54, 1.807) is 6.92 Å². The lowest BCUT2D eigenvalue weighted by atomic mass is 9.83. The second-order valence-electron chi connectivity index (χ2n) is 12.3. The van der Waals surface area contributed by atoms with E-state index in [1.165, 1.54) is 0 Å². The van der Waals surface area contributed by atoms with Crippen LogP contribution in [0.4, 0.5) is 14.4 Å². The van der Waals surface area contributed by atoms with E-state index in [-0.39, 0.29) is 45.2 Å². The minimum Gasteiger partial charge on any atom is -0.459 e. The van der Waals surface area contributed by atoms with Crippen molar-refractivity contribution in [1.82, 2.24) is 21.3 Å². The summed E-state index contributed by atoms with van der Waals surface area (Å²) < 4.78 is 28.3. The third-order valence-corrected chi connectivity index (χ3v) is 8.86. The van der Waals surface area contributed by atoms with Crippen molar-refractivity contribution < 1.29 is 58.2 Å². The number of nitrogens with two attached hydrogens (primary N) is 5. The number of fused-ring (bicyclic) bond motifs is 1. The van der Waals surface area contributed by atoms with Crippen molar-refractivity contribution in [2.24, 2.45) is 45.5 Å². The number of guanidine groups is 1. The number of carbonyl (C=O) groups excluding carboxylic acids is 4. The number of urea groups is 3. The normalized spacial score (nSPS) is 39.6. The van der Waals surface area contributed by atoms with E-state index in [1.807, 2.05) is 0 Å². The van der Waals surface area contributed by atoms with Gasteiger partial charge in [0.2, 0.25) is 0 Å². The molecule has 4 fully saturated rings. The fraction of sp³-hybridized carbons (Fsp3) is 0.808. The predicted octanol–water partition coefficient (Wildman–Crippen LogP) is -6.13. The van der Waals surface area contributed by atoms with Crippen LogP contribution in [0.1, 0.15) is 19.8 Å². The summed E-state index contributed by atoms with van der Waals surface area (Å²) in [6.45, 7) is 0.456. The second-order valence-corrected chi connectivity index (χ2v) is 12.3. The highest BCUT2D eigenvalue weighted by Crippen LogP contribution is 2.36. The zero-order valence-electron chi connectivity index (χ0n) is 26.2. The summed E-state index contributed by atoms with van der Waals surface area (Å²) in [6.07, 6.45) is -6.14. The number of aliphatic imine (C=N–C) groups is 1. The molecule has 0 radical (unpaired) electrons. The first kappa shape index (κ1) is 37.1. The molecule has 272 valence electrons. The van der Waals surface area contributed by atoms with E-state index < -0.39 is 109 Å². The Kier molecular flexibility index (Phi) is 12.1. The van der Waals surface area contributed by atoms with Crippen LogP contribution in [-0.4, -0.2) is 145 Å². The smallest absolute Gasteiger partial charge is 0.317 e. The van der Waals surface area contributed by atoms with Crippen LogP contribution in [-0.2, 0) is 28.5 Å². The van der Waals surface area contributed by atoms with E-state index in [0.717, 1.165) is 0 Å². The highest BCUT2D eigenvalue weighted by Gasteiger charge is 2.54. The standard InChI is InChI=1S/C26H46N10O12/c1-9-12(3-13(38)17(33-22(27)28)14(4-37)47-9)32-25(43)36-21-18(34-23(29)41)19(40)10(6-45-21)5-44-8-26(31)20(35-24(30)42)11-2-16(39)48-15(11)7-46-26/h9-15,17-21,37-38,40H,2-8,31H2,1H3,(H4,27,28,33)(H3,29,34,41)(H3,30,35,42)(H2,32,36,43)/t9?,10?,11?,12-,13?,14+,15?,17?,18?,19?,20?,21?,26?/m0/s1. The number of aliphatic hydroxyl groups excluding tert-OH is 3. The Balaban J connectivity index is 1.36. The number of primary amides is 2. The van der Waals surface area contributed by atoms with Crippen molar-refractivity contribution in [3.05, 3.63) is 0 Å². The molecule has 0 saturated carbocycles. The molecule has 22 heteroatoms. The molecule has 17 N–H and O–H groups in total. The topological polar surface area (TPSA) is 366 Å². The minimum absolute atomic E-state index is 0.00946. The number of hydrogen-bond acceptors (Lipinski definition) is 14. The van der Waals surface area contributed by atoms with Crippen LogP contribution >= 0.6 is 0 Å². The lowest BCUT2D eigenvalue weighted by Gasteiger charge is -2.45. The van der Waals surface area contributed by atoms with Gasteiger partial charge in [0.25, 0.3) is 0 Å². The van der Waals surface area contributed by atoms with E-state index in [9.17, 15) is 34.5 Å². The third kappa shape index (κ3) is 8.82. The SMILES string of the molecule is CC1O[C@H](CO)C(N=C(N)N)C(O)C[C@@H]1NC(=O)NC1OCC(COCC2(N)OCC3OC(=O)CC3C2NC(N)=O)C(O)C1NC(N)=O. The number of carbonyl (C=O) groups is 4. The van der Waals surface area contributed by atoms with Crippen molar-refractivity contribution >= 4 is 30.0 Å². The molecule has 48 heavy (non-hydrogen) atoms. The quantitative estimate of drug-likeness (QED) is 0.0576. The first-order chi connectivity index (χ1) is 22.6. The molecule has 4 heterocycles. The van der Waals surface area contributed by atoms with Crippen LogP contribution in [0.2, 0.25) is 0 Å². The van der Waals surface area contributed by atoms with Crippen LogP contribution in [0.3, 0.4) is 0 Å². The summed E-state index contributed by atoms with van der Waals surface area (Å²) in [5, 5.41) is 41.7. The van der Waals surface area contributed by atoms with E-state index in [2.05, 4.69) is 26.3 Å². The van der Waals surface area contributed by atoms with Gasteiger partial charge < -0.3 is 83.2 Å². The number of hydrogen-bond donors (Lipinski definition) is 12. The van der Waals surface area contributed by atoms with E-state index in [0.29, 0.717) is 0 Å². The lowest BCUT2D eigenvalue weighted by Crippen LogP contribution is -2.70. The van der Waals surface area contributed by atoms with Crippen molar-refractivity contribution in [3.8, 4) is 0 Å². The summed E-state index contributed by atoms with van der Waals surface area (Å²) in [5.74, 6) is -2.06. The van der Waals surface area contributed by atoms with Gasteiger partial charge in [-0.15, -0.1) is 0 Å². The molecule has 11 unspecified atom stereocenters. The van der Waals surface area contributed by atoms with E-state index in [4.69, 9.17) is 52.4 Å². The second kappa shape index (κ2) is 15.6. The first-order valence-corrected chi connectivity index (χ1v) is 15.3. The molecule has 0 bridgehead atoms. The van der Waals surface area contributed by atoms with Crippen LogP contribution < -0.4 is 49.9 Å². The molecule has 6 amide bonds. The Morgan fingerprint density at radius 1 is 1.06 bits per heavy atom. The Morgan fingerprint density at radius 3 is 2.42 bits per heavy atom. The van der Waals surface area contributed by atoms with Gasteiger partial charge in [-0.05, 0) is 13.3 Å². The largest absolute Gasteiger partial charge is 0.459 e. The highest BCUT2D eigenvalue weighted by molar-refractivity contribution is 5.76. The summed E-state index contributed by atoms with van der Waals surface area (Å²) in [5.41, 5.74) is 26.5. The summed E-state index contributed by atoms with van der Waals surface area (Å²) in [6, 6.07) is -6.64. The number of rotatable bonds is 10. The van der Waals surface area contributed by atoms with Crippen molar-refractivity contribution in [2.45, 2.75) is 86.4 Å². The fourth-order valence-electron chi connectivity index (χ4n) is 6.49. The molecule has 0 spiro atoms. The molecular weight excluding hydrogens is 644 g/mol. The van der Waals surface area contributed by atoms with Gasteiger partial charge in [-0.25, -0.2) is 19.4 Å². The number of esters is 1. The number of nitrogens with zero attached hydrogens (tertiary/aromatic N) is 1. The Morgan fingerprint density at radius 2 is 1.77 bits per heavy atom. The van der Waals surface area contributed by atoms with Crippen molar-refractivity contribution in [1.29, 1.82) is 0 Å². The van der Waals surface area contributed by atoms with Gasteiger partial charge in [-0.3, -0.25) is 10.5 Å². The number of amides is 6. The molecule has 0 aromatic heterocycles. The van der Waals surface area contributed by atoms with Gasteiger partial charge in [0.15, 0.2) is 17.9 Å². The fourth-order valence-corrected chi connectivity index (χ4v) is 6.49. The minimum atomic E-state index is -1.61. The predicted molar refractivity (Wildman–Crippen MR) is 161 cm³/mol. The molecule has 4 saturated heterocycles. The Labute approximate surface area is 274 Å². The molecule has 22 nitrogen and oxygen atoms in total. The lowest BCUT2D eigenvalue weighted by molar-refractivity contribution is -0.191. The van der Waals surface area contributed by atoms with Gasteiger partial charge >= 0.3 is 24.1 Å². The van der Waals surface area contributed by atoms with Crippen molar-refractivity contribution in [3.63, 3.8) is 0 Å².